The standard InChI is InChI=1S/C13H15F3N4O2/c14-13(15,16)11-5-9(10(6-18-11)20(21)22)19-4-2-12(8-19)1-3-17-7-12/h5-6,17H,1-4,7-8H2. The molecule has 0 saturated carbocycles. The Morgan fingerprint density at radius 2 is 2.18 bits per heavy atom. The van der Waals surface area contributed by atoms with E-state index in [-0.39, 0.29) is 16.8 Å². The minimum absolute atomic E-state index is 0.00946. The maximum absolute atomic E-state index is 12.8. The number of anilines is 1. The van der Waals surface area contributed by atoms with Crippen molar-refractivity contribution in [1.82, 2.24) is 10.3 Å². The van der Waals surface area contributed by atoms with Crippen LogP contribution < -0.4 is 10.2 Å². The molecule has 0 aliphatic carbocycles. The van der Waals surface area contributed by atoms with Crippen molar-refractivity contribution >= 4 is 11.4 Å². The highest BCUT2D eigenvalue weighted by Crippen LogP contribution is 2.42. The predicted octanol–water partition coefficient (Wildman–Crippen LogP) is 2.20. The molecule has 22 heavy (non-hydrogen) atoms. The second-order valence-electron chi connectivity index (χ2n) is 5.91. The summed E-state index contributed by atoms with van der Waals surface area (Å²) < 4.78 is 38.5. The second-order valence-corrected chi connectivity index (χ2v) is 5.91. The van der Waals surface area contributed by atoms with Crippen molar-refractivity contribution in [2.24, 2.45) is 5.41 Å². The van der Waals surface area contributed by atoms with E-state index in [1.54, 1.807) is 4.90 Å². The zero-order valence-electron chi connectivity index (χ0n) is 11.7. The van der Waals surface area contributed by atoms with E-state index >= 15 is 0 Å². The summed E-state index contributed by atoms with van der Waals surface area (Å²) in [4.78, 5) is 15.3. The lowest BCUT2D eigenvalue weighted by molar-refractivity contribution is -0.384. The maximum atomic E-state index is 12.8. The SMILES string of the molecule is O=[N+]([O-])c1cnc(C(F)(F)F)cc1N1CCC2(CCNC2)C1. The Hall–Kier alpha value is -1.90. The van der Waals surface area contributed by atoms with Gasteiger partial charge in [0.05, 0.1) is 4.92 Å². The van der Waals surface area contributed by atoms with E-state index in [0.29, 0.717) is 19.3 Å². The number of hydrogen-bond acceptors (Lipinski definition) is 5. The van der Waals surface area contributed by atoms with E-state index < -0.39 is 16.8 Å². The first kappa shape index (κ1) is 15.0. The average Bonchev–Trinajstić information content (AvgIpc) is 3.08. The van der Waals surface area contributed by atoms with E-state index in [4.69, 9.17) is 0 Å². The van der Waals surface area contributed by atoms with Crippen molar-refractivity contribution in [3.63, 3.8) is 0 Å². The summed E-state index contributed by atoms with van der Waals surface area (Å²) in [5, 5.41) is 14.3. The van der Waals surface area contributed by atoms with E-state index in [9.17, 15) is 23.3 Å². The number of nitrogens with zero attached hydrogens (tertiary/aromatic N) is 3. The van der Waals surface area contributed by atoms with Gasteiger partial charge in [-0.1, -0.05) is 0 Å². The van der Waals surface area contributed by atoms with Crippen LogP contribution in [0.4, 0.5) is 24.5 Å². The topological polar surface area (TPSA) is 71.3 Å². The molecule has 0 aromatic carbocycles. The zero-order valence-corrected chi connectivity index (χ0v) is 11.7. The monoisotopic (exact) mass is 316 g/mol. The van der Waals surface area contributed by atoms with Gasteiger partial charge in [0.15, 0.2) is 0 Å². The fourth-order valence-corrected chi connectivity index (χ4v) is 3.27. The van der Waals surface area contributed by atoms with Crippen molar-refractivity contribution in [3.05, 3.63) is 28.1 Å². The molecule has 1 aromatic rings. The van der Waals surface area contributed by atoms with Gasteiger partial charge in [0.2, 0.25) is 0 Å². The number of nitrogens with one attached hydrogen (secondary N) is 1. The van der Waals surface area contributed by atoms with Gasteiger partial charge >= 0.3 is 11.9 Å². The van der Waals surface area contributed by atoms with Crippen LogP contribution in [0.3, 0.4) is 0 Å². The average molecular weight is 316 g/mol. The van der Waals surface area contributed by atoms with E-state index in [1.165, 1.54) is 0 Å². The second kappa shape index (κ2) is 5.08. The van der Waals surface area contributed by atoms with Gasteiger partial charge in [-0.2, -0.15) is 13.2 Å². The molecule has 0 amide bonds. The van der Waals surface area contributed by atoms with Crippen LogP contribution in [-0.2, 0) is 6.18 Å². The Balaban J connectivity index is 1.96. The number of hydrogen-bond donors (Lipinski definition) is 1. The van der Waals surface area contributed by atoms with Gasteiger partial charge in [0, 0.05) is 25.0 Å². The van der Waals surface area contributed by atoms with Crippen molar-refractivity contribution in [3.8, 4) is 0 Å². The Bertz CT molecular complexity index is 599. The Morgan fingerprint density at radius 3 is 2.77 bits per heavy atom. The number of halogens is 3. The summed E-state index contributed by atoms with van der Waals surface area (Å²) in [7, 11) is 0. The van der Waals surface area contributed by atoms with Crippen LogP contribution in [0.1, 0.15) is 18.5 Å². The molecular weight excluding hydrogens is 301 g/mol. The summed E-state index contributed by atoms with van der Waals surface area (Å²) in [6, 6.07) is 0.791. The molecule has 1 spiro atoms. The van der Waals surface area contributed by atoms with Crippen molar-refractivity contribution in [2.45, 2.75) is 19.0 Å². The number of pyridine rings is 1. The Kier molecular flexibility index (Phi) is 3.47. The van der Waals surface area contributed by atoms with Gasteiger partial charge in [-0.05, 0) is 25.5 Å². The summed E-state index contributed by atoms with van der Waals surface area (Å²) in [6.45, 7) is 2.72. The largest absolute Gasteiger partial charge is 0.433 e. The summed E-state index contributed by atoms with van der Waals surface area (Å²) in [6.07, 6.45) is -2.15. The molecule has 9 heteroatoms. The lowest BCUT2D eigenvalue weighted by Crippen LogP contribution is -2.29. The van der Waals surface area contributed by atoms with Crippen LogP contribution in [-0.4, -0.2) is 36.1 Å². The quantitative estimate of drug-likeness (QED) is 0.669. The normalized spacial score (nSPS) is 25.1. The molecule has 6 nitrogen and oxygen atoms in total. The third-order valence-corrected chi connectivity index (χ3v) is 4.46. The summed E-state index contributed by atoms with van der Waals surface area (Å²) in [5.74, 6) is 0. The first-order valence-corrected chi connectivity index (χ1v) is 6.98. The van der Waals surface area contributed by atoms with Gasteiger partial charge in [-0.3, -0.25) is 10.1 Å². The molecule has 1 N–H and O–H groups in total. The Morgan fingerprint density at radius 1 is 1.41 bits per heavy atom. The van der Waals surface area contributed by atoms with Crippen LogP contribution in [0, 0.1) is 15.5 Å². The van der Waals surface area contributed by atoms with E-state index in [2.05, 4.69) is 10.3 Å². The van der Waals surface area contributed by atoms with Crippen LogP contribution >= 0.6 is 0 Å². The molecule has 3 rings (SSSR count). The lowest BCUT2D eigenvalue weighted by Gasteiger charge is -2.24. The number of aromatic nitrogens is 1. The van der Waals surface area contributed by atoms with Crippen LogP contribution in [0.15, 0.2) is 12.3 Å². The zero-order chi connectivity index (χ0) is 16.0. The third-order valence-electron chi connectivity index (χ3n) is 4.46. The summed E-state index contributed by atoms with van der Waals surface area (Å²) in [5.41, 5.74) is -1.46. The number of nitro groups is 1. The first-order chi connectivity index (χ1) is 10.3. The van der Waals surface area contributed by atoms with Crippen LogP contribution in [0.25, 0.3) is 0 Å². The fourth-order valence-electron chi connectivity index (χ4n) is 3.27. The highest BCUT2D eigenvalue weighted by Gasteiger charge is 2.43. The number of alkyl halides is 3. The summed E-state index contributed by atoms with van der Waals surface area (Å²) >= 11 is 0. The highest BCUT2D eigenvalue weighted by molar-refractivity contribution is 5.63. The molecule has 2 aliphatic rings. The van der Waals surface area contributed by atoms with Crippen molar-refractivity contribution in [2.75, 3.05) is 31.1 Å². The molecule has 2 fully saturated rings. The van der Waals surface area contributed by atoms with E-state index in [1.807, 2.05) is 0 Å². The number of rotatable bonds is 2. The van der Waals surface area contributed by atoms with Crippen LogP contribution in [0.2, 0.25) is 0 Å². The van der Waals surface area contributed by atoms with Gasteiger partial charge in [0.25, 0.3) is 0 Å². The minimum atomic E-state index is -4.61. The Labute approximate surface area is 124 Å². The van der Waals surface area contributed by atoms with Gasteiger partial charge in [0.1, 0.15) is 17.6 Å². The molecule has 2 aliphatic heterocycles. The van der Waals surface area contributed by atoms with Gasteiger partial charge in [-0.15, -0.1) is 0 Å². The smallest absolute Gasteiger partial charge is 0.365 e. The third kappa shape index (κ3) is 2.60. The first-order valence-electron chi connectivity index (χ1n) is 6.98. The highest BCUT2D eigenvalue weighted by atomic mass is 19.4. The lowest BCUT2D eigenvalue weighted by atomic mass is 9.86. The molecular formula is C13H15F3N4O2. The molecule has 1 unspecified atom stereocenters. The predicted molar refractivity (Wildman–Crippen MR) is 72.6 cm³/mol. The minimum Gasteiger partial charge on any atom is -0.365 e. The molecule has 0 bridgehead atoms. The molecule has 1 atom stereocenters. The van der Waals surface area contributed by atoms with Gasteiger partial charge < -0.3 is 10.2 Å². The molecule has 2 saturated heterocycles. The fraction of sp³-hybridized carbons (Fsp3) is 0.615. The maximum Gasteiger partial charge on any atom is 0.433 e. The van der Waals surface area contributed by atoms with Crippen LogP contribution in [0.5, 0.6) is 0 Å². The molecule has 1 aromatic heterocycles. The van der Waals surface area contributed by atoms with Gasteiger partial charge in [-0.25, -0.2) is 4.98 Å². The van der Waals surface area contributed by atoms with E-state index in [0.717, 1.165) is 32.0 Å². The van der Waals surface area contributed by atoms with Crippen molar-refractivity contribution in [1.29, 1.82) is 0 Å². The molecule has 0 radical (unpaired) electrons. The molecule has 120 valence electrons. The van der Waals surface area contributed by atoms with Crippen molar-refractivity contribution < 1.29 is 18.1 Å². The molecule has 3 heterocycles.